The number of benzene rings is 2. The van der Waals surface area contributed by atoms with Crippen molar-refractivity contribution in [3.05, 3.63) is 63.3 Å². The number of ketones is 1. The summed E-state index contributed by atoms with van der Waals surface area (Å²) in [5, 5.41) is 12.1. The largest absolute Gasteiger partial charge is 0.511 e. The number of allylic oxidation sites excluding steroid dienone is 2. The molecule has 1 saturated carbocycles. The smallest absolute Gasteiger partial charge is 0.173 e. The lowest BCUT2D eigenvalue weighted by Crippen LogP contribution is -2.45. The lowest BCUT2D eigenvalue weighted by Gasteiger charge is -2.45. The summed E-state index contributed by atoms with van der Waals surface area (Å²) in [6, 6.07) is 10.7. The zero-order valence-electron chi connectivity index (χ0n) is 17.7. The second kappa shape index (κ2) is 7.32. The topological polar surface area (TPSA) is 46.5 Å². The van der Waals surface area contributed by atoms with Gasteiger partial charge >= 0.3 is 0 Å². The Bertz CT molecular complexity index is 1070. The van der Waals surface area contributed by atoms with E-state index in [-0.39, 0.29) is 22.9 Å². The third-order valence-electron chi connectivity index (χ3n) is 7.39. The summed E-state index contributed by atoms with van der Waals surface area (Å²) < 4.78 is 5.99. The molecule has 0 radical (unpaired) electrons. The van der Waals surface area contributed by atoms with Gasteiger partial charge in [-0.05, 0) is 66.1 Å². The summed E-state index contributed by atoms with van der Waals surface area (Å²) >= 11 is 12.2. The molecule has 2 aliphatic rings. The van der Waals surface area contributed by atoms with Gasteiger partial charge in [-0.2, -0.15) is 0 Å². The standard InChI is InChI=1S/C25H26Cl2O3/c1-5-14-6-8-16(30-20-9-7-15(26)12-19(20)27)13-17(14)21-22(28)18-10-11-25(4,23(21)29)24(18,2)3/h6-9,12-13,18,28H,5,10-11H2,1-4H3/t18-,25?/m0/s1. The van der Waals surface area contributed by atoms with Gasteiger partial charge in [-0.1, -0.05) is 57.0 Å². The van der Waals surface area contributed by atoms with Crippen molar-refractivity contribution in [1.82, 2.24) is 0 Å². The van der Waals surface area contributed by atoms with Gasteiger partial charge in [0, 0.05) is 16.4 Å². The van der Waals surface area contributed by atoms with Crippen molar-refractivity contribution in [2.75, 3.05) is 0 Å². The van der Waals surface area contributed by atoms with Gasteiger partial charge in [0.25, 0.3) is 0 Å². The Kier molecular flexibility index (Phi) is 5.19. The maximum Gasteiger partial charge on any atom is 0.173 e. The van der Waals surface area contributed by atoms with Crippen molar-refractivity contribution >= 4 is 34.6 Å². The first-order valence-electron chi connectivity index (χ1n) is 10.3. The number of fused-ring (bicyclic) bond motifs is 2. The zero-order chi connectivity index (χ0) is 21.8. The van der Waals surface area contributed by atoms with E-state index in [4.69, 9.17) is 27.9 Å². The van der Waals surface area contributed by atoms with Crippen molar-refractivity contribution in [3.63, 3.8) is 0 Å². The van der Waals surface area contributed by atoms with E-state index < -0.39 is 5.41 Å². The second-order valence-corrected chi connectivity index (χ2v) is 9.93. The fraction of sp³-hybridized carbons (Fsp3) is 0.400. The summed E-state index contributed by atoms with van der Waals surface area (Å²) in [5.74, 6) is 1.26. The number of carbonyl (C=O) groups excluding carboxylic acids is 1. The average Bonchev–Trinajstić information content (AvgIpc) is 2.87. The molecule has 5 heteroatoms. The Labute approximate surface area is 187 Å². The lowest BCUT2D eigenvalue weighted by atomic mass is 9.58. The van der Waals surface area contributed by atoms with Gasteiger partial charge in [0.2, 0.25) is 0 Å². The van der Waals surface area contributed by atoms with E-state index in [0.29, 0.717) is 27.1 Å². The molecule has 2 aromatic carbocycles. The van der Waals surface area contributed by atoms with Crippen LogP contribution in [0, 0.1) is 16.7 Å². The van der Waals surface area contributed by atoms with Crippen LogP contribution in [0.1, 0.15) is 51.7 Å². The SMILES string of the molecule is CCc1ccc(Oc2ccc(Cl)cc2Cl)cc1C1=C(O)[C@@H]2CCC(C)(C1=O)C2(C)C. The molecule has 3 nitrogen and oxygen atoms in total. The number of carbonyl (C=O) groups is 1. The van der Waals surface area contributed by atoms with Crippen molar-refractivity contribution in [2.24, 2.45) is 16.7 Å². The van der Waals surface area contributed by atoms with E-state index in [9.17, 15) is 9.90 Å². The summed E-state index contributed by atoms with van der Waals surface area (Å²) in [4.78, 5) is 13.7. The summed E-state index contributed by atoms with van der Waals surface area (Å²) in [6.07, 6.45) is 2.35. The quantitative estimate of drug-likeness (QED) is 0.526. The van der Waals surface area contributed by atoms with Gasteiger partial charge in [-0.3, -0.25) is 4.79 Å². The molecular formula is C25H26Cl2O3. The highest BCUT2D eigenvalue weighted by atomic mass is 35.5. The Balaban J connectivity index is 1.82. The first kappa shape index (κ1) is 21.3. The van der Waals surface area contributed by atoms with Gasteiger partial charge < -0.3 is 9.84 Å². The van der Waals surface area contributed by atoms with Gasteiger partial charge in [0.15, 0.2) is 5.78 Å². The molecule has 2 bridgehead atoms. The molecule has 0 saturated heterocycles. The molecular weight excluding hydrogens is 419 g/mol. The molecule has 0 amide bonds. The summed E-state index contributed by atoms with van der Waals surface area (Å²) in [6.45, 7) is 8.28. The van der Waals surface area contributed by atoms with Crippen LogP contribution in [0.2, 0.25) is 10.0 Å². The molecule has 0 aliphatic heterocycles. The van der Waals surface area contributed by atoms with Crippen LogP contribution in [-0.2, 0) is 11.2 Å². The normalized spacial score (nSPS) is 25.0. The molecule has 2 aromatic rings. The van der Waals surface area contributed by atoms with Gasteiger partial charge in [0.05, 0.1) is 10.6 Å². The number of aliphatic hydroxyl groups excluding tert-OH is 1. The van der Waals surface area contributed by atoms with Gasteiger partial charge in [0.1, 0.15) is 17.3 Å². The number of hydrogen-bond donors (Lipinski definition) is 1. The molecule has 0 spiro atoms. The van der Waals surface area contributed by atoms with Crippen LogP contribution in [0.5, 0.6) is 11.5 Å². The van der Waals surface area contributed by atoms with E-state index in [1.807, 2.05) is 32.0 Å². The summed E-state index contributed by atoms with van der Waals surface area (Å²) in [5.41, 5.74) is 1.44. The predicted octanol–water partition coefficient (Wildman–Crippen LogP) is 7.64. The third kappa shape index (κ3) is 3.06. The minimum atomic E-state index is -0.486. The molecule has 2 aliphatic carbocycles. The average molecular weight is 445 g/mol. The van der Waals surface area contributed by atoms with E-state index in [0.717, 1.165) is 30.4 Å². The number of aryl methyl sites for hydroxylation is 1. The molecule has 30 heavy (non-hydrogen) atoms. The maximum atomic E-state index is 13.7. The first-order valence-corrected chi connectivity index (χ1v) is 11.1. The van der Waals surface area contributed by atoms with Crippen LogP contribution in [0.25, 0.3) is 5.57 Å². The van der Waals surface area contributed by atoms with Crippen LogP contribution in [-0.4, -0.2) is 10.9 Å². The minimum absolute atomic E-state index is 0.0183. The number of halogens is 2. The van der Waals surface area contributed by atoms with Crippen LogP contribution in [0.3, 0.4) is 0 Å². The number of hydrogen-bond acceptors (Lipinski definition) is 3. The lowest BCUT2D eigenvalue weighted by molar-refractivity contribution is -0.128. The molecule has 0 aromatic heterocycles. The minimum Gasteiger partial charge on any atom is -0.511 e. The fourth-order valence-corrected chi connectivity index (χ4v) is 5.50. The molecule has 2 atom stereocenters. The second-order valence-electron chi connectivity index (χ2n) is 9.08. The number of aliphatic hydroxyl groups is 1. The number of ether oxygens (including phenoxy) is 1. The Morgan fingerprint density at radius 2 is 1.87 bits per heavy atom. The fourth-order valence-electron chi connectivity index (χ4n) is 5.06. The van der Waals surface area contributed by atoms with Crippen molar-refractivity contribution in [1.29, 1.82) is 0 Å². The van der Waals surface area contributed by atoms with Crippen molar-refractivity contribution in [3.8, 4) is 11.5 Å². The maximum absolute atomic E-state index is 13.7. The van der Waals surface area contributed by atoms with E-state index >= 15 is 0 Å². The van der Waals surface area contributed by atoms with Crippen LogP contribution < -0.4 is 4.74 Å². The molecule has 1 fully saturated rings. The molecule has 158 valence electrons. The van der Waals surface area contributed by atoms with Crippen molar-refractivity contribution in [2.45, 2.75) is 47.0 Å². The Morgan fingerprint density at radius 1 is 1.13 bits per heavy atom. The van der Waals surface area contributed by atoms with Crippen LogP contribution in [0.15, 0.2) is 42.2 Å². The Morgan fingerprint density at radius 3 is 2.53 bits per heavy atom. The number of rotatable bonds is 4. The van der Waals surface area contributed by atoms with E-state index in [1.165, 1.54) is 0 Å². The van der Waals surface area contributed by atoms with E-state index in [2.05, 4.69) is 13.8 Å². The summed E-state index contributed by atoms with van der Waals surface area (Å²) in [7, 11) is 0. The van der Waals surface area contributed by atoms with Gasteiger partial charge in [-0.15, -0.1) is 0 Å². The highest BCUT2D eigenvalue weighted by molar-refractivity contribution is 6.35. The highest BCUT2D eigenvalue weighted by Gasteiger charge is 2.61. The van der Waals surface area contributed by atoms with E-state index in [1.54, 1.807) is 18.2 Å². The van der Waals surface area contributed by atoms with Crippen molar-refractivity contribution < 1.29 is 14.6 Å². The van der Waals surface area contributed by atoms with Gasteiger partial charge in [-0.25, -0.2) is 0 Å². The van der Waals surface area contributed by atoms with Crippen LogP contribution in [0.4, 0.5) is 0 Å². The highest BCUT2D eigenvalue weighted by Crippen LogP contribution is 2.63. The zero-order valence-corrected chi connectivity index (χ0v) is 19.2. The first-order chi connectivity index (χ1) is 14.1. The third-order valence-corrected chi connectivity index (χ3v) is 7.92. The monoisotopic (exact) mass is 444 g/mol. The molecule has 1 unspecified atom stereocenters. The number of Topliss-reactive ketones (excluding diaryl/α,β-unsaturated/α-hetero) is 1. The molecule has 1 N–H and O–H groups in total. The molecule has 4 rings (SSSR count). The molecule has 0 heterocycles. The Hall–Kier alpha value is -1.97. The predicted molar refractivity (Wildman–Crippen MR) is 122 cm³/mol. The van der Waals surface area contributed by atoms with Crippen LogP contribution >= 0.6 is 23.2 Å².